The number of carbonyl (C=O) groups is 2. The van der Waals surface area contributed by atoms with Crippen molar-refractivity contribution in [2.45, 2.75) is 6.10 Å². The predicted octanol–water partition coefficient (Wildman–Crippen LogP) is 1.89. The van der Waals surface area contributed by atoms with Crippen molar-refractivity contribution in [1.82, 2.24) is 9.88 Å². The minimum Gasteiger partial charge on any atom is -0.479 e. The SMILES string of the molecule is O=C(O)C1CN(C(=O)c2[nH]c3ccc(F)cc3c2Cl)CCO1. The Hall–Kier alpha value is -2.12. The molecule has 6 nitrogen and oxygen atoms in total. The first-order chi connectivity index (χ1) is 10.5. The summed E-state index contributed by atoms with van der Waals surface area (Å²) in [5, 5.41) is 9.50. The normalized spacial score (nSPS) is 18.6. The molecule has 0 bridgehead atoms. The predicted molar refractivity (Wildman–Crippen MR) is 76.5 cm³/mol. The van der Waals surface area contributed by atoms with Crippen molar-refractivity contribution in [2.75, 3.05) is 19.7 Å². The van der Waals surface area contributed by atoms with Gasteiger partial charge >= 0.3 is 5.97 Å². The van der Waals surface area contributed by atoms with Crippen LogP contribution < -0.4 is 0 Å². The number of carboxylic acid groups (broad SMARTS) is 1. The minimum atomic E-state index is -1.12. The molecule has 2 N–H and O–H groups in total. The Kier molecular flexibility index (Phi) is 3.76. The van der Waals surface area contributed by atoms with Crippen LogP contribution in [0.15, 0.2) is 18.2 Å². The van der Waals surface area contributed by atoms with Crippen LogP contribution in [0.2, 0.25) is 5.02 Å². The molecule has 0 aliphatic carbocycles. The summed E-state index contributed by atoms with van der Waals surface area (Å²) in [4.78, 5) is 27.7. The Balaban J connectivity index is 1.92. The average molecular weight is 327 g/mol. The summed E-state index contributed by atoms with van der Waals surface area (Å²) in [6.07, 6.45) is -1.06. The van der Waals surface area contributed by atoms with Gasteiger partial charge < -0.3 is 19.7 Å². The van der Waals surface area contributed by atoms with Crippen molar-refractivity contribution in [3.05, 3.63) is 34.7 Å². The third kappa shape index (κ3) is 2.53. The number of nitrogens with zero attached hydrogens (tertiary/aromatic N) is 1. The fourth-order valence-corrected chi connectivity index (χ4v) is 2.70. The lowest BCUT2D eigenvalue weighted by Gasteiger charge is -2.30. The number of aliphatic carboxylic acids is 1. The second-order valence-electron chi connectivity index (χ2n) is 4.95. The molecule has 8 heteroatoms. The lowest BCUT2D eigenvalue weighted by Crippen LogP contribution is -2.48. The average Bonchev–Trinajstić information content (AvgIpc) is 2.83. The van der Waals surface area contributed by atoms with E-state index in [0.717, 1.165) is 0 Å². The molecule has 0 radical (unpaired) electrons. The van der Waals surface area contributed by atoms with Crippen LogP contribution in [0.1, 0.15) is 10.5 Å². The molecule has 1 aliphatic heterocycles. The highest BCUT2D eigenvalue weighted by Gasteiger charge is 2.31. The largest absolute Gasteiger partial charge is 0.479 e. The quantitative estimate of drug-likeness (QED) is 0.883. The Morgan fingerprint density at radius 2 is 2.23 bits per heavy atom. The number of benzene rings is 1. The van der Waals surface area contributed by atoms with Crippen LogP contribution in [0.5, 0.6) is 0 Å². The summed E-state index contributed by atoms with van der Waals surface area (Å²) in [6.45, 7) is 0.339. The van der Waals surface area contributed by atoms with Crippen LogP contribution in [0.4, 0.5) is 4.39 Å². The number of hydrogen-bond donors (Lipinski definition) is 2. The standard InChI is InChI=1S/C14H12ClFN2O4/c15-11-8-5-7(16)1-2-9(8)17-12(11)13(19)18-3-4-22-10(6-18)14(20)21/h1-2,5,10,17H,3-4,6H2,(H,20,21). The van der Waals surface area contributed by atoms with Gasteiger partial charge in [0.2, 0.25) is 0 Å². The van der Waals surface area contributed by atoms with Gasteiger partial charge in [0.15, 0.2) is 6.10 Å². The zero-order chi connectivity index (χ0) is 15.9. The van der Waals surface area contributed by atoms with Crippen LogP contribution in [-0.4, -0.2) is 52.7 Å². The van der Waals surface area contributed by atoms with Gasteiger partial charge in [-0.05, 0) is 18.2 Å². The van der Waals surface area contributed by atoms with Gasteiger partial charge in [-0.15, -0.1) is 0 Å². The summed E-state index contributed by atoms with van der Waals surface area (Å²) in [6, 6.07) is 4.00. The van der Waals surface area contributed by atoms with E-state index in [9.17, 15) is 14.0 Å². The van der Waals surface area contributed by atoms with E-state index in [-0.39, 0.29) is 30.4 Å². The number of morpholine rings is 1. The van der Waals surface area contributed by atoms with Crippen molar-refractivity contribution in [1.29, 1.82) is 0 Å². The molecule has 3 rings (SSSR count). The smallest absolute Gasteiger partial charge is 0.334 e. The van der Waals surface area contributed by atoms with Gasteiger partial charge in [0.05, 0.1) is 18.2 Å². The zero-order valence-electron chi connectivity index (χ0n) is 11.3. The maximum Gasteiger partial charge on any atom is 0.334 e. The second-order valence-corrected chi connectivity index (χ2v) is 5.33. The van der Waals surface area contributed by atoms with E-state index in [1.165, 1.54) is 23.1 Å². The second kappa shape index (κ2) is 5.58. The van der Waals surface area contributed by atoms with E-state index in [2.05, 4.69) is 4.98 Å². The summed E-state index contributed by atoms with van der Waals surface area (Å²) in [5.74, 6) is -2.01. The molecule has 116 valence electrons. The van der Waals surface area contributed by atoms with E-state index in [4.69, 9.17) is 21.4 Å². The molecule has 1 fully saturated rings. The number of aromatic amines is 1. The molecule has 0 saturated carbocycles. The number of ether oxygens (including phenoxy) is 1. The van der Waals surface area contributed by atoms with Crippen molar-refractivity contribution >= 4 is 34.4 Å². The number of carboxylic acids is 1. The summed E-state index contributed by atoms with van der Waals surface area (Å²) >= 11 is 6.15. The molecule has 1 aromatic carbocycles. The molecule has 1 amide bonds. The number of amides is 1. The summed E-state index contributed by atoms with van der Waals surface area (Å²) < 4.78 is 18.3. The van der Waals surface area contributed by atoms with Crippen molar-refractivity contribution < 1.29 is 23.8 Å². The number of halogens is 2. The maximum absolute atomic E-state index is 13.3. The first-order valence-corrected chi connectivity index (χ1v) is 6.95. The lowest BCUT2D eigenvalue weighted by atomic mass is 10.2. The van der Waals surface area contributed by atoms with Crippen LogP contribution in [-0.2, 0) is 9.53 Å². The molecule has 1 atom stereocenters. The van der Waals surface area contributed by atoms with Crippen LogP contribution in [0.25, 0.3) is 10.9 Å². The molecular weight excluding hydrogens is 315 g/mol. The fraction of sp³-hybridized carbons (Fsp3) is 0.286. The molecule has 2 aromatic rings. The minimum absolute atomic E-state index is 0.0613. The van der Waals surface area contributed by atoms with Crippen molar-refractivity contribution in [2.24, 2.45) is 0 Å². The molecular formula is C14H12ClFN2O4. The highest BCUT2D eigenvalue weighted by atomic mass is 35.5. The third-order valence-corrected chi connectivity index (χ3v) is 3.93. The number of fused-ring (bicyclic) bond motifs is 1. The lowest BCUT2D eigenvalue weighted by molar-refractivity contribution is -0.154. The zero-order valence-corrected chi connectivity index (χ0v) is 12.1. The number of rotatable bonds is 2. The van der Waals surface area contributed by atoms with Gasteiger partial charge in [-0.2, -0.15) is 0 Å². The first-order valence-electron chi connectivity index (χ1n) is 6.58. The third-order valence-electron chi connectivity index (χ3n) is 3.54. The summed E-state index contributed by atoms with van der Waals surface area (Å²) in [7, 11) is 0. The first kappa shape index (κ1) is 14.8. The van der Waals surface area contributed by atoms with Crippen molar-refractivity contribution in [3.63, 3.8) is 0 Å². The Bertz CT molecular complexity index is 761. The number of H-pyrrole nitrogens is 1. The van der Waals surface area contributed by atoms with E-state index in [1.807, 2.05) is 0 Å². The van der Waals surface area contributed by atoms with Crippen LogP contribution >= 0.6 is 11.6 Å². The van der Waals surface area contributed by atoms with Gasteiger partial charge in [0.1, 0.15) is 11.5 Å². The van der Waals surface area contributed by atoms with Gasteiger partial charge in [-0.25, -0.2) is 9.18 Å². The Morgan fingerprint density at radius 3 is 2.95 bits per heavy atom. The number of carbonyl (C=O) groups excluding carboxylic acids is 1. The topological polar surface area (TPSA) is 82.6 Å². The number of nitrogens with one attached hydrogen (secondary N) is 1. The summed E-state index contributed by atoms with van der Waals surface area (Å²) in [5.41, 5.74) is 0.658. The molecule has 0 spiro atoms. The van der Waals surface area contributed by atoms with Gasteiger partial charge in [-0.3, -0.25) is 4.79 Å². The molecule has 1 saturated heterocycles. The number of hydrogen-bond acceptors (Lipinski definition) is 3. The molecule has 1 aromatic heterocycles. The molecule has 2 heterocycles. The highest BCUT2D eigenvalue weighted by molar-refractivity contribution is 6.38. The van der Waals surface area contributed by atoms with E-state index in [1.54, 1.807) is 0 Å². The van der Waals surface area contributed by atoms with Gasteiger partial charge in [0.25, 0.3) is 5.91 Å². The number of aromatic nitrogens is 1. The van der Waals surface area contributed by atoms with E-state index in [0.29, 0.717) is 10.9 Å². The van der Waals surface area contributed by atoms with Crippen LogP contribution in [0, 0.1) is 5.82 Å². The van der Waals surface area contributed by atoms with Gasteiger partial charge in [0, 0.05) is 17.4 Å². The fourth-order valence-electron chi connectivity index (χ4n) is 2.42. The van der Waals surface area contributed by atoms with Gasteiger partial charge in [-0.1, -0.05) is 11.6 Å². The molecule has 1 aliphatic rings. The molecule has 22 heavy (non-hydrogen) atoms. The maximum atomic E-state index is 13.3. The van der Waals surface area contributed by atoms with E-state index >= 15 is 0 Å². The Labute approximate surface area is 129 Å². The van der Waals surface area contributed by atoms with Crippen LogP contribution in [0.3, 0.4) is 0 Å². The molecule has 1 unspecified atom stereocenters. The Morgan fingerprint density at radius 1 is 1.45 bits per heavy atom. The van der Waals surface area contributed by atoms with Crippen molar-refractivity contribution in [3.8, 4) is 0 Å². The van der Waals surface area contributed by atoms with E-state index < -0.39 is 23.8 Å². The highest BCUT2D eigenvalue weighted by Crippen LogP contribution is 2.29. The monoisotopic (exact) mass is 326 g/mol.